The van der Waals surface area contributed by atoms with Crippen LogP contribution in [0.2, 0.25) is 0 Å². The predicted octanol–water partition coefficient (Wildman–Crippen LogP) is 2.99. The zero-order valence-electron chi connectivity index (χ0n) is 17.0. The second-order valence-electron chi connectivity index (χ2n) is 9.27. The fourth-order valence-corrected chi connectivity index (χ4v) is 4.76. The SMILES string of the molecule is CC(C)(C)OC(=O)NC1(C(=O)O[C@H]2CN3CCC2CC3)CCc2ccccc21. The van der Waals surface area contributed by atoms with Gasteiger partial charge in [0.05, 0.1) is 0 Å². The van der Waals surface area contributed by atoms with E-state index in [1.807, 2.05) is 45.0 Å². The molecule has 1 unspecified atom stereocenters. The molecule has 0 aromatic heterocycles. The lowest BCUT2D eigenvalue weighted by Gasteiger charge is -2.45. The maximum absolute atomic E-state index is 13.5. The second kappa shape index (κ2) is 7.07. The van der Waals surface area contributed by atoms with Gasteiger partial charge in [0.2, 0.25) is 0 Å². The maximum Gasteiger partial charge on any atom is 0.408 e. The van der Waals surface area contributed by atoms with Crippen molar-refractivity contribution in [2.24, 2.45) is 5.92 Å². The molecule has 2 bridgehead atoms. The van der Waals surface area contributed by atoms with Gasteiger partial charge < -0.3 is 14.8 Å². The van der Waals surface area contributed by atoms with E-state index in [0.717, 1.165) is 50.0 Å². The van der Waals surface area contributed by atoms with Gasteiger partial charge in [-0.2, -0.15) is 0 Å². The van der Waals surface area contributed by atoms with Gasteiger partial charge in [0.15, 0.2) is 5.54 Å². The van der Waals surface area contributed by atoms with Crippen molar-refractivity contribution >= 4 is 12.1 Å². The summed E-state index contributed by atoms with van der Waals surface area (Å²) in [5, 5.41) is 2.89. The number of esters is 1. The zero-order valence-corrected chi connectivity index (χ0v) is 17.0. The lowest BCUT2D eigenvalue weighted by atomic mass is 9.85. The predicted molar refractivity (Wildman–Crippen MR) is 105 cm³/mol. The molecule has 1 aromatic carbocycles. The molecule has 28 heavy (non-hydrogen) atoms. The molecule has 3 fully saturated rings. The molecule has 152 valence electrons. The molecule has 1 aromatic rings. The van der Waals surface area contributed by atoms with E-state index in [9.17, 15) is 9.59 Å². The van der Waals surface area contributed by atoms with Gasteiger partial charge in [0.25, 0.3) is 0 Å². The van der Waals surface area contributed by atoms with Crippen LogP contribution in [0.4, 0.5) is 4.79 Å². The molecule has 3 aliphatic heterocycles. The summed E-state index contributed by atoms with van der Waals surface area (Å²) in [5.74, 6) is 0.0613. The van der Waals surface area contributed by atoms with Gasteiger partial charge >= 0.3 is 12.1 Å². The number of piperidine rings is 3. The molecule has 0 radical (unpaired) electrons. The lowest BCUT2D eigenvalue weighted by molar-refractivity contribution is -0.167. The van der Waals surface area contributed by atoms with Gasteiger partial charge in [0, 0.05) is 6.54 Å². The van der Waals surface area contributed by atoms with Crippen molar-refractivity contribution in [1.82, 2.24) is 10.2 Å². The van der Waals surface area contributed by atoms with Gasteiger partial charge in [-0.05, 0) is 76.6 Å². The summed E-state index contributed by atoms with van der Waals surface area (Å²) in [7, 11) is 0. The van der Waals surface area contributed by atoms with E-state index in [2.05, 4.69) is 10.2 Å². The van der Waals surface area contributed by atoms with Crippen molar-refractivity contribution in [2.45, 2.75) is 63.7 Å². The summed E-state index contributed by atoms with van der Waals surface area (Å²) in [5.41, 5.74) is 0.0881. The number of nitrogens with zero attached hydrogens (tertiary/aromatic N) is 1. The minimum atomic E-state index is -1.18. The fraction of sp³-hybridized carbons (Fsp3) is 0.636. The molecule has 6 nitrogen and oxygen atoms in total. The molecule has 0 saturated carbocycles. The molecule has 1 amide bonds. The Labute approximate surface area is 166 Å². The van der Waals surface area contributed by atoms with Crippen molar-refractivity contribution in [3.05, 3.63) is 35.4 Å². The number of carbonyl (C=O) groups is 2. The van der Waals surface area contributed by atoms with E-state index < -0.39 is 17.2 Å². The number of amides is 1. The van der Waals surface area contributed by atoms with Crippen LogP contribution in [-0.2, 0) is 26.2 Å². The molecular weight excluding hydrogens is 356 g/mol. The normalized spacial score (nSPS) is 31.2. The van der Waals surface area contributed by atoms with E-state index in [-0.39, 0.29) is 12.1 Å². The number of fused-ring (bicyclic) bond motifs is 4. The van der Waals surface area contributed by atoms with Gasteiger partial charge in [-0.25, -0.2) is 9.59 Å². The number of rotatable bonds is 3. The number of ether oxygens (including phenoxy) is 2. The third-order valence-electron chi connectivity index (χ3n) is 6.16. The van der Waals surface area contributed by atoms with E-state index in [1.165, 1.54) is 0 Å². The fourth-order valence-electron chi connectivity index (χ4n) is 4.76. The van der Waals surface area contributed by atoms with E-state index in [4.69, 9.17) is 9.47 Å². The van der Waals surface area contributed by atoms with Crippen LogP contribution in [0.3, 0.4) is 0 Å². The third kappa shape index (κ3) is 3.62. The summed E-state index contributed by atoms with van der Waals surface area (Å²) in [6.07, 6.45) is 2.67. The van der Waals surface area contributed by atoms with Gasteiger partial charge in [-0.1, -0.05) is 24.3 Å². The number of carbonyl (C=O) groups excluding carboxylic acids is 2. The van der Waals surface area contributed by atoms with Crippen molar-refractivity contribution in [2.75, 3.05) is 19.6 Å². The van der Waals surface area contributed by atoms with Crippen LogP contribution >= 0.6 is 0 Å². The van der Waals surface area contributed by atoms with E-state index in [1.54, 1.807) is 0 Å². The zero-order chi connectivity index (χ0) is 19.9. The minimum absolute atomic E-state index is 0.0972. The quantitative estimate of drug-likeness (QED) is 0.809. The van der Waals surface area contributed by atoms with E-state index >= 15 is 0 Å². The third-order valence-corrected chi connectivity index (χ3v) is 6.16. The molecule has 1 aliphatic carbocycles. The van der Waals surface area contributed by atoms with Crippen LogP contribution in [0.1, 0.15) is 51.2 Å². The molecule has 0 spiro atoms. The Morgan fingerprint density at radius 1 is 1.18 bits per heavy atom. The highest BCUT2D eigenvalue weighted by molar-refractivity contribution is 5.89. The van der Waals surface area contributed by atoms with Gasteiger partial charge in [0.1, 0.15) is 11.7 Å². The molecule has 4 aliphatic rings. The number of benzene rings is 1. The van der Waals surface area contributed by atoms with Crippen molar-refractivity contribution in [3.63, 3.8) is 0 Å². The first kappa shape index (κ1) is 19.2. The number of alkyl carbamates (subject to hydrolysis) is 1. The smallest absolute Gasteiger partial charge is 0.408 e. The molecule has 3 saturated heterocycles. The number of aryl methyl sites for hydroxylation is 1. The van der Waals surface area contributed by atoms with Crippen LogP contribution in [0.25, 0.3) is 0 Å². The van der Waals surface area contributed by atoms with Crippen LogP contribution in [0, 0.1) is 5.92 Å². The van der Waals surface area contributed by atoms with Crippen molar-refractivity contribution in [1.29, 1.82) is 0 Å². The standard InChI is InChI=1S/C22H30N2O4/c1-21(2,3)28-20(26)23-22(11-8-15-6-4-5-7-17(15)22)19(25)27-18-14-24-12-9-16(18)10-13-24/h4-7,16,18H,8-14H2,1-3H3,(H,23,26)/t18-,22?/m0/s1. The monoisotopic (exact) mass is 386 g/mol. The summed E-state index contributed by atoms with van der Waals surface area (Å²) < 4.78 is 11.5. The van der Waals surface area contributed by atoms with Crippen LogP contribution in [0.15, 0.2) is 24.3 Å². The topological polar surface area (TPSA) is 67.9 Å². The first-order valence-electron chi connectivity index (χ1n) is 10.3. The highest BCUT2D eigenvalue weighted by Gasteiger charge is 2.50. The Morgan fingerprint density at radius 2 is 1.89 bits per heavy atom. The number of hydrogen-bond acceptors (Lipinski definition) is 5. The van der Waals surface area contributed by atoms with E-state index in [0.29, 0.717) is 12.3 Å². The molecule has 1 N–H and O–H groups in total. The number of nitrogens with one attached hydrogen (secondary N) is 1. The van der Waals surface area contributed by atoms with Gasteiger partial charge in [-0.15, -0.1) is 0 Å². The van der Waals surface area contributed by atoms with Crippen LogP contribution < -0.4 is 5.32 Å². The highest BCUT2D eigenvalue weighted by atomic mass is 16.6. The summed E-state index contributed by atoms with van der Waals surface area (Å²) in [6.45, 7) is 8.40. The summed E-state index contributed by atoms with van der Waals surface area (Å²) in [4.78, 5) is 28.4. The largest absolute Gasteiger partial charge is 0.459 e. The Hall–Kier alpha value is -2.08. The Morgan fingerprint density at radius 3 is 2.54 bits per heavy atom. The average Bonchev–Trinajstić information content (AvgIpc) is 3.01. The van der Waals surface area contributed by atoms with Crippen LogP contribution in [-0.4, -0.2) is 48.3 Å². The summed E-state index contributed by atoms with van der Waals surface area (Å²) in [6, 6.07) is 7.78. The molecular formula is C22H30N2O4. The maximum atomic E-state index is 13.5. The molecule has 5 rings (SSSR count). The Balaban J connectivity index is 1.59. The second-order valence-corrected chi connectivity index (χ2v) is 9.27. The first-order valence-corrected chi connectivity index (χ1v) is 10.3. The molecule has 6 heteroatoms. The highest BCUT2D eigenvalue weighted by Crippen LogP contribution is 2.40. The summed E-state index contributed by atoms with van der Waals surface area (Å²) >= 11 is 0. The molecule has 2 atom stereocenters. The van der Waals surface area contributed by atoms with Crippen LogP contribution in [0.5, 0.6) is 0 Å². The average molecular weight is 386 g/mol. The molecule has 3 heterocycles. The van der Waals surface area contributed by atoms with Crippen molar-refractivity contribution < 1.29 is 19.1 Å². The Bertz CT molecular complexity index is 764. The van der Waals surface area contributed by atoms with Crippen molar-refractivity contribution in [3.8, 4) is 0 Å². The number of hydrogen-bond donors (Lipinski definition) is 1. The van der Waals surface area contributed by atoms with Gasteiger partial charge in [-0.3, -0.25) is 4.90 Å². The minimum Gasteiger partial charge on any atom is -0.459 e. The lowest BCUT2D eigenvalue weighted by Crippen LogP contribution is -2.57. The Kier molecular flexibility index (Phi) is 4.86. The first-order chi connectivity index (χ1) is 13.3.